The molecule has 5 rings (SSSR count). The molecule has 180 valence electrons. The van der Waals surface area contributed by atoms with Crippen molar-refractivity contribution in [1.29, 1.82) is 0 Å². The van der Waals surface area contributed by atoms with E-state index in [1.807, 2.05) is 0 Å². The molecule has 35 heavy (non-hydrogen) atoms. The molecular formula is C24H18F4N4O3. The summed E-state index contributed by atoms with van der Waals surface area (Å²) < 4.78 is 59.6. The molecule has 0 spiro atoms. The number of imidazole rings is 1. The van der Waals surface area contributed by atoms with E-state index < -0.39 is 29.4 Å². The van der Waals surface area contributed by atoms with E-state index in [-0.39, 0.29) is 40.5 Å². The van der Waals surface area contributed by atoms with Crippen LogP contribution in [0.5, 0.6) is 5.75 Å². The first-order valence-electron chi connectivity index (χ1n) is 10.6. The summed E-state index contributed by atoms with van der Waals surface area (Å²) >= 11 is 0. The van der Waals surface area contributed by atoms with Gasteiger partial charge < -0.3 is 14.2 Å². The third-order valence-electron chi connectivity index (χ3n) is 5.76. The molecule has 1 aromatic carbocycles. The van der Waals surface area contributed by atoms with Crippen LogP contribution in [0.15, 0.2) is 48.9 Å². The number of carbonyl (C=O) groups is 1. The van der Waals surface area contributed by atoms with Crippen LogP contribution in [0, 0.1) is 5.82 Å². The van der Waals surface area contributed by atoms with Crippen LogP contribution in [0.4, 0.5) is 17.6 Å². The minimum Gasteiger partial charge on any atom is -0.405 e. The highest BCUT2D eigenvalue weighted by atomic mass is 19.4. The molecule has 0 saturated heterocycles. The maximum absolute atomic E-state index is 15.0. The van der Waals surface area contributed by atoms with Crippen LogP contribution in [0.3, 0.4) is 0 Å². The van der Waals surface area contributed by atoms with Crippen molar-refractivity contribution in [2.24, 2.45) is 0 Å². The Morgan fingerprint density at radius 1 is 1.14 bits per heavy atom. The van der Waals surface area contributed by atoms with Crippen molar-refractivity contribution >= 4 is 11.4 Å². The van der Waals surface area contributed by atoms with Crippen LogP contribution in [0.1, 0.15) is 53.8 Å². The fourth-order valence-electron chi connectivity index (χ4n) is 4.24. The van der Waals surface area contributed by atoms with Crippen LogP contribution >= 0.6 is 0 Å². The number of benzene rings is 1. The lowest BCUT2D eigenvalue weighted by Gasteiger charge is -2.18. The van der Waals surface area contributed by atoms with Gasteiger partial charge in [0.1, 0.15) is 28.5 Å². The van der Waals surface area contributed by atoms with Gasteiger partial charge in [-0.2, -0.15) is 0 Å². The molecule has 4 aromatic rings. The third kappa shape index (κ3) is 4.12. The van der Waals surface area contributed by atoms with Gasteiger partial charge in [0.05, 0.1) is 5.69 Å². The molecule has 1 N–H and O–H groups in total. The number of aromatic nitrogens is 4. The number of carbonyl (C=O) groups excluding carboxylic acids is 1. The van der Waals surface area contributed by atoms with E-state index in [1.54, 1.807) is 6.07 Å². The average Bonchev–Trinajstić information content (AvgIpc) is 3.29. The zero-order valence-corrected chi connectivity index (χ0v) is 18.5. The molecule has 1 aliphatic carbocycles. The van der Waals surface area contributed by atoms with E-state index in [9.17, 15) is 27.5 Å². The molecule has 1 unspecified atom stereocenters. The van der Waals surface area contributed by atoms with Gasteiger partial charge in [0.25, 0.3) is 0 Å². The van der Waals surface area contributed by atoms with Gasteiger partial charge in [-0.3, -0.25) is 4.79 Å². The zero-order chi connectivity index (χ0) is 25.1. The number of ketones is 1. The maximum atomic E-state index is 15.0. The van der Waals surface area contributed by atoms with Gasteiger partial charge in [0, 0.05) is 53.7 Å². The molecule has 0 bridgehead atoms. The fourth-order valence-corrected chi connectivity index (χ4v) is 4.24. The Morgan fingerprint density at radius 3 is 2.49 bits per heavy atom. The molecule has 11 heteroatoms. The van der Waals surface area contributed by atoms with Gasteiger partial charge in [0.15, 0.2) is 11.6 Å². The number of fused-ring (bicyclic) bond motifs is 3. The van der Waals surface area contributed by atoms with Crippen molar-refractivity contribution in [2.45, 2.75) is 38.1 Å². The molecule has 0 amide bonds. The smallest absolute Gasteiger partial charge is 0.405 e. The number of hydrogen-bond donors (Lipinski definition) is 1. The lowest BCUT2D eigenvalue weighted by atomic mass is 9.95. The Morgan fingerprint density at radius 2 is 1.83 bits per heavy atom. The summed E-state index contributed by atoms with van der Waals surface area (Å²) in [5.41, 5.74) is -0.161. The van der Waals surface area contributed by atoms with E-state index >= 15 is 0 Å². The van der Waals surface area contributed by atoms with E-state index in [0.29, 0.717) is 11.3 Å². The highest BCUT2D eigenvalue weighted by molar-refractivity contribution is 6.00. The largest absolute Gasteiger partial charge is 0.573 e. The average molecular weight is 486 g/mol. The Hall–Kier alpha value is -3.86. The summed E-state index contributed by atoms with van der Waals surface area (Å²) in [7, 11) is 0. The first kappa shape index (κ1) is 22.9. The molecule has 1 aliphatic rings. The second kappa shape index (κ2) is 7.84. The van der Waals surface area contributed by atoms with Crippen LogP contribution in [0.2, 0.25) is 0 Å². The number of alkyl halides is 3. The summed E-state index contributed by atoms with van der Waals surface area (Å²) in [6.07, 6.45) is -0.882. The lowest BCUT2D eigenvalue weighted by Crippen LogP contribution is -2.19. The van der Waals surface area contributed by atoms with Gasteiger partial charge in [0.2, 0.25) is 0 Å². The molecule has 3 aromatic heterocycles. The van der Waals surface area contributed by atoms with E-state index in [0.717, 1.165) is 6.07 Å². The summed E-state index contributed by atoms with van der Waals surface area (Å²) in [6.45, 7) is 3.03. The van der Waals surface area contributed by atoms with E-state index in [1.165, 1.54) is 55.0 Å². The van der Waals surface area contributed by atoms with Crippen LogP contribution in [-0.4, -0.2) is 36.6 Å². The predicted octanol–water partition coefficient (Wildman–Crippen LogP) is 4.77. The summed E-state index contributed by atoms with van der Waals surface area (Å²) in [4.78, 5) is 25.1. The standard InChI is InChI=1S/C24H18F4N4O3/c1-23(2,34)22-29-9-12(10-30-22)15-11-32-19(8-16(15)25)31-20-17(33)7-14(21(20)32)13-5-3-4-6-18(13)35-24(26,27)28/h3-6,8-11,14,34H,7H2,1-2H3. The van der Waals surface area contributed by atoms with Crippen LogP contribution < -0.4 is 4.74 Å². The molecule has 0 saturated carbocycles. The first-order chi connectivity index (χ1) is 16.4. The molecule has 7 nitrogen and oxygen atoms in total. The van der Waals surface area contributed by atoms with Crippen molar-refractivity contribution in [2.75, 3.05) is 0 Å². The number of pyridine rings is 1. The van der Waals surface area contributed by atoms with Crippen molar-refractivity contribution in [3.05, 3.63) is 77.5 Å². The molecule has 0 aliphatic heterocycles. The monoisotopic (exact) mass is 486 g/mol. The highest BCUT2D eigenvalue weighted by Gasteiger charge is 2.39. The second-order valence-corrected chi connectivity index (χ2v) is 8.73. The number of para-hydroxylation sites is 1. The van der Waals surface area contributed by atoms with Gasteiger partial charge in [-0.15, -0.1) is 13.2 Å². The Bertz CT molecular complexity index is 1460. The number of ether oxygens (including phenoxy) is 1. The number of hydrogen-bond acceptors (Lipinski definition) is 6. The molecular weight excluding hydrogens is 468 g/mol. The SMILES string of the molecule is CC(C)(O)c1ncc(-c2cn3c4c(nc3cc2F)C(=O)CC4c2ccccc2OC(F)(F)F)cn1. The summed E-state index contributed by atoms with van der Waals surface area (Å²) in [5.74, 6) is -2.06. The van der Waals surface area contributed by atoms with Crippen LogP contribution in [0.25, 0.3) is 16.8 Å². The zero-order valence-electron chi connectivity index (χ0n) is 18.5. The lowest BCUT2D eigenvalue weighted by molar-refractivity contribution is -0.274. The Balaban J connectivity index is 1.64. The second-order valence-electron chi connectivity index (χ2n) is 8.73. The van der Waals surface area contributed by atoms with Gasteiger partial charge >= 0.3 is 6.36 Å². The molecule has 1 atom stereocenters. The number of rotatable bonds is 4. The van der Waals surface area contributed by atoms with Gasteiger partial charge in [-0.1, -0.05) is 18.2 Å². The fraction of sp³-hybridized carbons (Fsp3) is 0.250. The predicted molar refractivity (Wildman–Crippen MR) is 115 cm³/mol. The molecule has 0 fully saturated rings. The Labute approximate surface area is 196 Å². The Kier molecular flexibility index (Phi) is 5.13. The first-order valence-corrected chi connectivity index (χ1v) is 10.6. The van der Waals surface area contributed by atoms with E-state index in [2.05, 4.69) is 19.7 Å². The highest BCUT2D eigenvalue weighted by Crippen LogP contribution is 2.43. The number of aliphatic hydroxyl groups is 1. The van der Waals surface area contributed by atoms with Crippen molar-refractivity contribution in [1.82, 2.24) is 19.4 Å². The quantitative estimate of drug-likeness (QED) is 0.418. The topological polar surface area (TPSA) is 89.6 Å². The normalized spacial score (nSPS) is 16.1. The third-order valence-corrected chi connectivity index (χ3v) is 5.76. The summed E-state index contributed by atoms with van der Waals surface area (Å²) in [5, 5.41) is 10.1. The number of Topliss-reactive ketones (excluding diaryl/α,β-unsaturated/α-hetero) is 1. The number of halogens is 4. The van der Waals surface area contributed by atoms with Gasteiger partial charge in [-0.05, 0) is 19.9 Å². The van der Waals surface area contributed by atoms with Crippen LogP contribution in [-0.2, 0) is 5.60 Å². The molecule has 3 heterocycles. The van der Waals surface area contributed by atoms with Gasteiger partial charge in [-0.25, -0.2) is 19.3 Å². The maximum Gasteiger partial charge on any atom is 0.573 e. The molecule has 0 radical (unpaired) electrons. The number of nitrogens with zero attached hydrogens (tertiary/aromatic N) is 4. The van der Waals surface area contributed by atoms with E-state index in [4.69, 9.17) is 0 Å². The minimum absolute atomic E-state index is 0.0713. The summed E-state index contributed by atoms with van der Waals surface area (Å²) in [6, 6.07) is 6.74. The van der Waals surface area contributed by atoms with Crippen molar-refractivity contribution < 1.29 is 32.2 Å². The minimum atomic E-state index is -4.91. The van der Waals surface area contributed by atoms with Crippen molar-refractivity contribution in [3.8, 4) is 16.9 Å². The van der Waals surface area contributed by atoms with Crippen molar-refractivity contribution in [3.63, 3.8) is 0 Å².